The van der Waals surface area contributed by atoms with Gasteiger partial charge in [-0.15, -0.1) is 0 Å². The first-order chi connectivity index (χ1) is 14.7. The molecule has 0 saturated carbocycles. The number of halogens is 2. The van der Waals surface area contributed by atoms with E-state index in [4.69, 9.17) is 11.6 Å². The summed E-state index contributed by atoms with van der Waals surface area (Å²) in [7, 11) is -2.22. The number of sulfonamides is 1. The highest BCUT2D eigenvalue weighted by Crippen LogP contribution is 2.32. The summed E-state index contributed by atoms with van der Waals surface area (Å²) in [5.74, 6) is -0.980. The molecule has 3 rings (SSSR count). The van der Waals surface area contributed by atoms with Gasteiger partial charge in [0.05, 0.1) is 55.3 Å². The zero-order valence-electron chi connectivity index (χ0n) is 17.3. The molecule has 168 valence electrons. The number of nitrogens with one attached hydrogen (secondary N) is 1. The maximum absolute atomic E-state index is 13.6. The van der Waals surface area contributed by atoms with Gasteiger partial charge >= 0.3 is 5.97 Å². The Morgan fingerprint density at radius 1 is 1.26 bits per heavy atom. The Labute approximate surface area is 186 Å². The van der Waals surface area contributed by atoms with Crippen LogP contribution in [0, 0.1) is 5.82 Å². The van der Waals surface area contributed by atoms with E-state index in [2.05, 4.69) is 14.4 Å². The average molecular weight is 471 g/mol. The minimum Gasteiger partial charge on any atom is -0.465 e. The van der Waals surface area contributed by atoms with Crippen LogP contribution in [-0.2, 0) is 21.3 Å². The van der Waals surface area contributed by atoms with E-state index in [9.17, 15) is 17.6 Å². The standard InChI is InChI=1S/C21H26ClFN3O4S/c1-30-21(27)16-5-6-17(24-14-16)15-25-31(28,29)12-4-11-26(9-2-3-10-26)18-7-8-20(23)19(22)13-18/h5-8,13-14,25H,2-4,9-12,15H2,1H3/q+1. The SMILES string of the molecule is COC(=O)c1ccc(CNS(=O)(=O)CCC[N+]2(c3ccc(F)c(Cl)c3)CCCC2)nc1. The lowest BCUT2D eigenvalue weighted by Crippen LogP contribution is -2.48. The number of nitrogens with zero attached hydrogens (tertiary/aromatic N) is 2. The molecule has 0 radical (unpaired) electrons. The van der Waals surface area contributed by atoms with Gasteiger partial charge in [-0.3, -0.25) is 9.47 Å². The molecule has 31 heavy (non-hydrogen) atoms. The molecule has 1 aromatic carbocycles. The Kier molecular flexibility index (Phi) is 7.64. The minimum absolute atomic E-state index is 0.0256. The monoisotopic (exact) mass is 470 g/mol. The maximum Gasteiger partial charge on any atom is 0.339 e. The summed E-state index contributed by atoms with van der Waals surface area (Å²) in [6.45, 7) is 2.43. The number of hydrogen-bond acceptors (Lipinski definition) is 5. The van der Waals surface area contributed by atoms with Gasteiger partial charge in [-0.1, -0.05) is 11.6 Å². The number of aromatic nitrogens is 1. The van der Waals surface area contributed by atoms with Crippen LogP contribution in [0.4, 0.5) is 10.1 Å². The molecule has 0 aliphatic carbocycles. The number of pyridine rings is 1. The molecule has 2 aromatic rings. The number of hydrogen-bond donors (Lipinski definition) is 1. The number of esters is 1. The lowest BCUT2D eigenvalue weighted by atomic mass is 10.2. The van der Waals surface area contributed by atoms with Gasteiger partial charge in [-0.25, -0.2) is 22.3 Å². The van der Waals surface area contributed by atoms with Crippen LogP contribution in [0.15, 0.2) is 36.5 Å². The Morgan fingerprint density at radius 2 is 2.00 bits per heavy atom. The molecule has 1 fully saturated rings. The predicted octanol–water partition coefficient (Wildman–Crippen LogP) is 3.27. The van der Waals surface area contributed by atoms with Gasteiger partial charge in [0.25, 0.3) is 0 Å². The molecule has 10 heteroatoms. The second-order valence-corrected chi connectivity index (χ2v) is 9.98. The number of ether oxygens (including phenoxy) is 1. The van der Waals surface area contributed by atoms with E-state index >= 15 is 0 Å². The number of benzene rings is 1. The highest BCUT2D eigenvalue weighted by atomic mass is 35.5. The molecule has 0 spiro atoms. The fraction of sp³-hybridized carbons (Fsp3) is 0.429. The van der Waals surface area contributed by atoms with Crippen molar-refractivity contribution in [3.05, 3.63) is 58.6 Å². The van der Waals surface area contributed by atoms with Gasteiger partial charge in [-0.2, -0.15) is 0 Å². The molecule has 1 aliphatic heterocycles. The fourth-order valence-corrected chi connectivity index (χ4v) is 5.11. The van der Waals surface area contributed by atoms with Crippen LogP contribution in [0.3, 0.4) is 0 Å². The largest absolute Gasteiger partial charge is 0.465 e. The maximum atomic E-state index is 13.6. The molecule has 0 unspecified atom stereocenters. The third-order valence-electron chi connectivity index (χ3n) is 5.59. The van der Waals surface area contributed by atoms with E-state index in [1.165, 1.54) is 25.4 Å². The second kappa shape index (κ2) is 10.0. The van der Waals surface area contributed by atoms with Crippen molar-refractivity contribution >= 4 is 33.3 Å². The summed E-state index contributed by atoms with van der Waals surface area (Å²) in [5, 5.41) is 0.0851. The summed E-state index contributed by atoms with van der Waals surface area (Å²) in [4.78, 5) is 15.5. The molecule has 1 aromatic heterocycles. The van der Waals surface area contributed by atoms with Gasteiger partial charge in [0.2, 0.25) is 10.0 Å². The van der Waals surface area contributed by atoms with Crippen molar-refractivity contribution in [2.45, 2.75) is 25.8 Å². The van der Waals surface area contributed by atoms with Gasteiger partial charge in [0.1, 0.15) is 11.5 Å². The fourth-order valence-electron chi connectivity index (χ4n) is 3.91. The number of likely N-dealkylation sites (tertiary alicyclic amines) is 1. The lowest BCUT2D eigenvalue weighted by molar-refractivity contribution is 0.0600. The summed E-state index contributed by atoms with van der Waals surface area (Å²) >= 11 is 5.97. The van der Waals surface area contributed by atoms with Crippen LogP contribution in [-0.4, -0.2) is 51.9 Å². The summed E-state index contributed by atoms with van der Waals surface area (Å²) < 4.78 is 46.2. The van der Waals surface area contributed by atoms with Crippen molar-refractivity contribution in [1.82, 2.24) is 14.2 Å². The molecule has 7 nitrogen and oxygen atoms in total. The van der Waals surface area contributed by atoms with Crippen molar-refractivity contribution in [1.29, 1.82) is 0 Å². The molecule has 0 bridgehead atoms. The van der Waals surface area contributed by atoms with E-state index in [0.717, 1.165) is 31.6 Å². The van der Waals surface area contributed by atoms with Gasteiger partial charge < -0.3 is 4.74 Å². The molecular formula is C21H26ClFN3O4S+. The van der Waals surface area contributed by atoms with E-state index in [1.807, 2.05) is 0 Å². The number of rotatable bonds is 9. The first kappa shape index (κ1) is 23.6. The molecule has 1 aliphatic rings. The number of methoxy groups -OCH3 is 1. The van der Waals surface area contributed by atoms with Crippen LogP contribution >= 0.6 is 11.6 Å². The van der Waals surface area contributed by atoms with Gasteiger partial charge in [-0.05, 0) is 18.2 Å². The van der Waals surface area contributed by atoms with E-state index < -0.39 is 21.8 Å². The average Bonchev–Trinajstić information content (AvgIpc) is 3.24. The van der Waals surface area contributed by atoms with Crippen molar-refractivity contribution in [3.63, 3.8) is 0 Å². The number of carbonyl (C=O) groups excluding carboxylic acids is 1. The zero-order chi connectivity index (χ0) is 22.5. The van der Waals surface area contributed by atoms with E-state index in [0.29, 0.717) is 28.7 Å². The smallest absolute Gasteiger partial charge is 0.339 e. The molecule has 0 amide bonds. The summed E-state index contributed by atoms with van der Waals surface area (Å²) in [5.41, 5.74) is 1.72. The number of carbonyl (C=O) groups is 1. The van der Waals surface area contributed by atoms with Crippen LogP contribution in [0.5, 0.6) is 0 Å². The van der Waals surface area contributed by atoms with Gasteiger partial charge in [0, 0.05) is 37.6 Å². The molecule has 0 atom stereocenters. The van der Waals surface area contributed by atoms with Crippen LogP contribution in [0.1, 0.15) is 35.3 Å². The highest BCUT2D eigenvalue weighted by Gasteiger charge is 2.35. The highest BCUT2D eigenvalue weighted by molar-refractivity contribution is 7.89. The van der Waals surface area contributed by atoms with Crippen molar-refractivity contribution in [3.8, 4) is 0 Å². The molecule has 1 N–H and O–H groups in total. The van der Waals surface area contributed by atoms with Crippen LogP contribution in [0.2, 0.25) is 5.02 Å². The van der Waals surface area contributed by atoms with Crippen molar-refractivity contribution in [2.24, 2.45) is 0 Å². The van der Waals surface area contributed by atoms with Crippen LogP contribution < -0.4 is 9.21 Å². The minimum atomic E-state index is -3.50. The Morgan fingerprint density at radius 3 is 2.61 bits per heavy atom. The Balaban J connectivity index is 1.56. The Bertz CT molecular complexity index is 1030. The third kappa shape index (κ3) is 6.00. The molecule has 1 saturated heterocycles. The second-order valence-electron chi connectivity index (χ2n) is 7.64. The predicted molar refractivity (Wildman–Crippen MR) is 118 cm³/mol. The normalized spacial score (nSPS) is 15.7. The lowest BCUT2D eigenvalue weighted by Gasteiger charge is -2.34. The van der Waals surface area contributed by atoms with E-state index in [1.54, 1.807) is 18.2 Å². The van der Waals surface area contributed by atoms with Crippen LogP contribution in [0.25, 0.3) is 0 Å². The van der Waals surface area contributed by atoms with Crippen molar-refractivity contribution < 1.29 is 22.3 Å². The third-order valence-corrected chi connectivity index (χ3v) is 7.29. The van der Waals surface area contributed by atoms with Crippen molar-refractivity contribution in [2.75, 3.05) is 32.5 Å². The first-order valence-corrected chi connectivity index (χ1v) is 12.1. The molecule has 2 heterocycles. The first-order valence-electron chi connectivity index (χ1n) is 10.1. The zero-order valence-corrected chi connectivity index (χ0v) is 18.9. The summed E-state index contributed by atoms with van der Waals surface area (Å²) in [6, 6.07) is 7.88. The molecular weight excluding hydrogens is 445 g/mol. The summed E-state index contributed by atoms with van der Waals surface area (Å²) in [6.07, 6.45) is 3.88. The number of quaternary nitrogens is 1. The van der Waals surface area contributed by atoms with Gasteiger partial charge in [0.15, 0.2) is 0 Å². The quantitative estimate of drug-likeness (QED) is 0.449. The van der Waals surface area contributed by atoms with E-state index in [-0.39, 0.29) is 17.3 Å². The topological polar surface area (TPSA) is 85.4 Å². The Hall–Kier alpha value is -2.07.